The number of carbonyl (C=O) groups is 5. The molecule has 0 unspecified atom stereocenters. The Morgan fingerprint density at radius 2 is 1.30 bits per heavy atom. The van der Waals surface area contributed by atoms with Crippen LogP contribution in [0.2, 0.25) is 0 Å². The molecule has 0 aromatic heterocycles. The monoisotopic (exact) mass is 875 g/mol. The molecule has 2 aliphatic rings. The van der Waals surface area contributed by atoms with Crippen molar-refractivity contribution >= 4 is 41.5 Å². The van der Waals surface area contributed by atoms with E-state index in [1.165, 1.54) is 4.90 Å². The predicted molar refractivity (Wildman–Crippen MR) is 246 cm³/mol. The lowest BCUT2D eigenvalue weighted by Crippen LogP contribution is -2.61. The van der Waals surface area contributed by atoms with Gasteiger partial charge in [-0.05, 0) is 66.8 Å². The van der Waals surface area contributed by atoms with Gasteiger partial charge in [0.25, 0.3) is 0 Å². The number of nitrogens with two attached hydrogens (primary N) is 1. The van der Waals surface area contributed by atoms with Crippen molar-refractivity contribution in [2.75, 3.05) is 13.1 Å². The van der Waals surface area contributed by atoms with Gasteiger partial charge < -0.3 is 36.0 Å². The first-order valence-corrected chi connectivity index (χ1v) is 22.5. The fraction of sp³-hybridized carbons (Fsp3) is 0.420. The van der Waals surface area contributed by atoms with Crippen LogP contribution in [0.25, 0.3) is 0 Å². The molecule has 1 fully saturated rings. The summed E-state index contributed by atoms with van der Waals surface area (Å²) in [5.41, 5.74) is 9.00. The summed E-state index contributed by atoms with van der Waals surface area (Å²) in [6.07, 6.45) is -0.0738. The third-order valence-corrected chi connectivity index (χ3v) is 13.4. The standard InChI is InChI=1S/C50H61N5O7S/c1-48(2,3)43(45(58)55-31-34-19-17-16-18-33(34)28-41(55)44(57)53-40(46(59)60)26-27-42(51)56)52-30-38-29-39(32-54(38)47(61)62-49(4,5)6)63-50(35-20-10-7-11-21-35,36-22-12-8-13-23-36)37-24-14-9-15-25-37/h7-25,38-41,43,52H,26-32H2,1-6H3,(H2,51,56)(H,53,57)(H,59,60)/t38-,39-,40-,41-,43+/m0/s1. The Kier molecular flexibility index (Phi) is 14.7. The average Bonchev–Trinajstić information content (AvgIpc) is 3.65. The van der Waals surface area contributed by atoms with Crippen LogP contribution in [0.5, 0.6) is 0 Å². The highest BCUT2D eigenvalue weighted by Crippen LogP contribution is 2.52. The molecule has 334 valence electrons. The van der Waals surface area contributed by atoms with Crippen molar-refractivity contribution in [1.29, 1.82) is 0 Å². The first-order chi connectivity index (χ1) is 29.9. The van der Waals surface area contributed by atoms with Crippen LogP contribution in [0.15, 0.2) is 115 Å². The number of carboxylic acids is 1. The second kappa shape index (κ2) is 19.8. The number of carbonyl (C=O) groups excluding carboxylic acids is 4. The van der Waals surface area contributed by atoms with Gasteiger partial charge in [0, 0.05) is 43.8 Å². The topological polar surface area (TPSA) is 171 Å². The van der Waals surface area contributed by atoms with Crippen molar-refractivity contribution in [3.63, 3.8) is 0 Å². The van der Waals surface area contributed by atoms with E-state index in [-0.39, 0.29) is 49.6 Å². The lowest BCUT2D eigenvalue weighted by molar-refractivity contribution is -0.147. The number of amides is 4. The molecule has 5 atom stereocenters. The number of nitrogens with zero attached hydrogens (tertiary/aromatic N) is 2. The fourth-order valence-corrected chi connectivity index (χ4v) is 10.5. The van der Waals surface area contributed by atoms with E-state index in [0.29, 0.717) is 13.0 Å². The van der Waals surface area contributed by atoms with Gasteiger partial charge in [-0.25, -0.2) is 9.59 Å². The number of likely N-dealkylation sites (tertiary alicyclic amines) is 1. The van der Waals surface area contributed by atoms with E-state index in [1.807, 2.05) is 95.8 Å². The summed E-state index contributed by atoms with van der Waals surface area (Å²) in [4.78, 5) is 70.2. The maximum absolute atomic E-state index is 15.0. The minimum Gasteiger partial charge on any atom is -0.480 e. The number of benzene rings is 4. The number of primary amides is 1. The molecule has 13 heteroatoms. The Morgan fingerprint density at radius 1 is 0.778 bits per heavy atom. The molecule has 4 aromatic rings. The SMILES string of the molecule is CC(C)(C)OC(=O)N1C[C@@H](SC(c2ccccc2)(c2ccccc2)c2ccccc2)C[C@H]1CN[C@H](C(=O)N1Cc2ccccc2C[C@H]1C(=O)N[C@@H](CCC(N)=O)C(=O)O)C(C)(C)C. The second-order valence-corrected chi connectivity index (χ2v) is 20.1. The van der Waals surface area contributed by atoms with Gasteiger partial charge in [-0.2, -0.15) is 0 Å². The first kappa shape index (κ1) is 46.8. The quantitative estimate of drug-likeness (QED) is 0.0930. The zero-order valence-electron chi connectivity index (χ0n) is 37.1. The molecule has 2 aliphatic heterocycles. The van der Waals surface area contributed by atoms with E-state index in [1.54, 1.807) is 4.90 Å². The van der Waals surface area contributed by atoms with Crippen molar-refractivity contribution in [1.82, 2.24) is 20.4 Å². The number of aliphatic carboxylic acids is 1. The molecule has 0 spiro atoms. The van der Waals surface area contributed by atoms with Crippen LogP contribution in [0.3, 0.4) is 0 Å². The molecule has 2 heterocycles. The highest BCUT2D eigenvalue weighted by molar-refractivity contribution is 8.01. The first-order valence-electron chi connectivity index (χ1n) is 21.6. The summed E-state index contributed by atoms with van der Waals surface area (Å²) in [5.74, 6) is -2.94. The molecular weight excluding hydrogens is 815 g/mol. The Morgan fingerprint density at radius 3 is 1.79 bits per heavy atom. The normalized spacial score (nSPS) is 18.8. The van der Waals surface area contributed by atoms with E-state index in [2.05, 4.69) is 83.4 Å². The van der Waals surface area contributed by atoms with Crippen molar-refractivity contribution in [3.8, 4) is 0 Å². The van der Waals surface area contributed by atoms with Crippen molar-refractivity contribution in [2.24, 2.45) is 11.1 Å². The summed E-state index contributed by atoms with van der Waals surface area (Å²) in [7, 11) is 0. The zero-order chi connectivity index (χ0) is 45.5. The summed E-state index contributed by atoms with van der Waals surface area (Å²) < 4.78 is 5.39. The number of rotatable bonds is 15. The van der Waals surface area contributed by atoms with Crippen LogP contribution in [0, 0.1) is 5.41 Å². The second-order valence-electron chi connectivity index (χ2n) is 18.6. The third-order valence-electron chi connectivity index (χ3n) is 11.7. The number of carboxylic acid groups (broad SMARTS) is 1. The number of fused-ring (bicyclic) bond motifs is 1. The summed E-state index contributed by atoms with van der Waals surface area (Å²) in [6, 6.07) is 35.3. The van der Waals surface area contributed by atoms with Gasteiger partial charge in [0.2, 0.25) is 17.7 Å². The maximum Gasteiger partial charge on any atom is 0.410 e. The van der Waals surface area contributed by atoms with E-state index in [9.17, 15) is 24.3 Å². The molecular formula is C50H61N5O7S. The van der Waals surface area contributed by atoms with Crippen LogP contribution in [0.1, 0.15) is 88.6 Å². The molecule has 63 heavy (non-hydrogen) atoms. The van der Waals surface area contributed by atoms with Crippen LogP contribution < -0.4 is 16.4 Å². The van der Waals surface area contributed by atoms with Gasteiger partial charge in [-0.3, -0.25) is 14.4 Å². The van der Waals surface area contributed by atoms with Gasteiger partial charge in [-0.15, -0.1) is 11.8 Å². The smallest absolute Gasteiger partial charge is 0.410 e. The Hall–Kier alpha value is -5.66. The van der Waals surface area contributed by atoms with Gasteiger partial charge >= 0.3 is 12.1 Å². The number of nitrogens with one attached hydrogen (secondary N) is 2. The van der Waals surface area contributed by atoms with Crippen molar-refractivity contribution in [3.05, 3.63) is 143 Å². The molecule has 1 saturated heterocycles. The van der Waals surface area contributed by atoms with Crippen molar-refractivity contribution in [2.45, 2.75) is 114 Å². The van der Waals surface area contributed by atoms with E-state index >= 15 is 4.79 Å². The molecule has 4 amide bonds. The van der Waals surface area contributed by atoms with Gasteiger partial charge in [-0.1, -0.05) is 136 Å². The van der Waals surface area contributed by atoms with Gasteiger partial charge in [0.1, 0.15) is 17.7 Å². The fourth-order valence-electron chi connectivity index (χ4n) is 8.65. The number of hydrogen-bond acceptors (Lipinski definition) is 8. The minimum atomic E-state index is -1.37. The van der Waals surface area contributed by atoms with E-state index < -0.39 is 57.8 Å². The summed E-state index contributed by atoms with van der Waals surface area (Å²) in [5, 5.41) is 16.0. The Labute approximate surface area is 375 Å². The number of ether oxygens (including phenoxy) is 1. The highest BCUT2D eigenvalue weighted by atomic mass is 32.2. The van der Waals surface area contributed by atoms with Crippen LogP contribution in [-0.4, -0.2) is 92.8 Å². The lowest BCUT2D eigenvalue weighted by Gasteiger charge is -2.41. The maximum atomic E-state index is 15.0. The average molecular weight is 876 g/mol. The Balaban J connectivity index is 1.31. The van der Waals surface area contributed by atoms with Gasteiger partial charge in [0.05, 0.1) is 10.8 Å². The molecule has 6 rings (SSSR count). The molecule has 5 N–H and O–H groups in total. The summed E-state index contributed by atoms with van der Waals surface area (Å²) in [6.45, 7) is 12.2. The van der Waals surface area contributed by atoms with E-state index in [4.69, 9.17) is 10.5 Å². The zero-order valence-corrected chi connectivity index (χ0v) is 37.9. The van der Waals surface area contributed by atoms with Gasteiger partial charge in [0.15, 0.2) is 0 Å². The summed E-state index contributed by atoms with van der Waals surface area (Å²) >= 11 is 1.82. The van der Waals surface area contributed by atoms with Crippen LogP contribution >= 0.6 is 11.8 Å². The van der Waals surface area contributed by atoms with E-state index in [0.717, 1.165) is 27.8 Å². The number of thioether (sulfide) groups is 1. The third kappa shape index (κ3) is 11.3. The molecule has 0 radical (unpaired) electrons. The lowest BCUT2D eigenvalue weighted by atomic mass is 9.84. The largest absolute Gasteiger partial charge is 0.480 e. The van der Waals surface area contributed by atoms with Crippen molar-refractivity contribution < 1.29 is 33.8 Å². The minimum absolute atomic E-state index is 0.0582. The van der Waals surface area contributed by atoms with Crippen LogP contribution in [-0.2, 0) is 41.6 Å². The molecule has 12 nitrogen and oxygen atoms in total. The number of hydrogen-bond donors (Lipinski definition) is 4. The highest BCUT2D eigenvalue weighted by Gasteiger charge is 2.47. The molecule has 0 aliphatic carbocycles. The molecule has 0 saturated carbocycles. The van der Waals surface area contributed by atoms with Crippen LogP contribution in [0.4, 0.5) is 4.79 Å². The molecule has 0 bridgehead atoms. The Bertz CT molecular complexity index is 2130. The predicted octanol–water partition coefficient (Wildman–Crippen LogP) is 6.88. The molecule has 4 aromatic carbocycles.